The SMILES string of the molecule is Cc1cc(C=O)ncc1C(F)(F)F. The molecule has 70 valence electrons. The molecule has 0 fully saturated rings. The number of halogens is 3. The lowest BCUT2D eigenvalue weighted by molar-refractivity contribution is -0.138. The summed E-state index contributed by atoms with van der Waals surface area (Å²) in [6, 6.07) is 1.11. The summed E-state index contributed by atoms with van der Waals surface area (Å²) in [6.07, 6.45) is -3.33. The molecule has 2 nitrogen and oxygen atoms in total. The van der Waals surface area contributed by atoms with Crippen molar-refractivity contribution in [1.29, 1.82) is 0 Å². The minimum absolute atomic E-state index is 0.00426. The van der Waals surface area contributed by atoms with Gasteiger partial charge in [-0.1, -0.05) is 0 Å². The molecule has 1 heterocycles. The van der Waals surface area contributed by atoms with E-state index in [-0.39, 0.29) is 11.3 Å². The first kappa shape index (κ1) is 9.70. The zero-order valence-electron chi connectivity index (χ0n) is 6.72. The Morgan fingerprint density at radius 1 is 1.46 bits per heavy atom. The first-order chi connectivity index (χ1) is 5.95. The van der Waals surface area contributed by atoms with Crippen molar-refractivity contribution in [3.8, 4) is 0 Å². The number of aldehydes is 1. The molecule has 13 heavy (non-hydrogen) atoms. The van der Waals surface area contributed by atoms with Crippen molar-refractivity contribution in [2.75, 3.05) is 0 Å². The summed E-state index contributed by atoms with van der Waals surface area (Å²) in [4.78, 5) is 13.5. The van der Waals surface area contributed by atoms with Gasteiger partial charge in [-0.3, -0.25) is 9.78 Å². The highest BCUT2D eigenvalue weighted by molar-refractivity contribution is 5.72. The van der Waals surface area contributed by atoms with E-state index >= 15 is 0 Å². The average molecular weight is 189 g/mol. The van der Waals surface area contributed by atoms with Gasteiger partial charge >= 0.3 is 6.18 Å². The van der Waals surface area contributed by atoms with Crippen LogP contribution in [0.4, 0.5) is 13.2 Å². The van der Waals surface area contributed by atoms with Crippen LogP contribution in [0.1, 0.15) is 21.6 Å². The summed E-state index contributed by atoms with van der Waals surface area (Å²) < 4.78 is 36.5. The van der Waals surface area contributed by atoms with Crippen LogP contribution in [0.25, 0.3) is 0 Å². The Bertz CT molecular complexity index is 333. The van der Waals surface area contributed by atoms with E-state index in [9.17, 15) is 18.0 Å². The third kappa shape index (κ3) is 2.05. The second kappa shape index (κ2) is 3.16. The number of pyridine rings is 1. The molecule has 0 aromatic carbocycles. The van der Waals surface area contributed by atoms with Crippen molar-refractivity contribution in [2.45, 2.75) is 13.1 Å². The van der Waals surface area contributed by atoms with Gasteiger partial charge in [0.1, 0.15) is 5.69 Å². The summed E-state index contributed by atoms with van der Waals surface area (Å²) in [5.74, 6) is 0. The maximum Gasteiger partial charge on any atom is 0.418 e. The Morgan fingerprint density at radius 3 is 2.46 bits per heavy atom. The molecule has 0 aliphatic carbocycles. The second-order valence-corrected chi connectivity index (χ2v) is 2.54. The van der Waals surface area contributed by atoms with Crippen molar-refractivity contribution in [3.63, 3.8) is 0 Å². The van der Waals surface area contributed by atoms with Crippen LogP contribution in [0.5, 0.6) is 0 Å². The third-order valence-electron chi connectivity index (χ3n) is 1.56. The van der Waals surface area contributed by atoms with Crippen LogP contribution in [-0.2, 0) is 6.18 Å². The van der Waals surface area contributed by atoms with Gasteiger partial charge in [-0.25, -0.2) is 0 Å². The lowest BCUT2D eigenvalue weighted by atomic mass is 10.1. The minimum Gasteiger partial charge on any atom is -0.296 e. The van der Waals surface area contributed by atoms with Gasteiger partial charge in [0.25, 0.3) is 0 Å². The number of carbonyl (C=O) groups is 1. The summed E-state index contributed by atoms with van der Waals surface area (Å²) in [6.45, 7) is 1.29. The fourth-order valence-electron chi connectivity index (χ4n) is 0.939. The van der Waals surface area contributed by atoms with Crippen LogP contribution in [0.2, 0.25) is 0 Å². The standard InChI is InChI=1S/C8H6F3NO/c1-5-2-6(4-13)12-3-7(5)8(9,10)11/h2-4H,1H3. The van der Waals surface area contributed by atoms with Crippen molar-refractivity contribution in [1.82, 2.24) is 4.98 Å². The summed E-state index contributed by atoms with van der Waals surface area (Å²) >= 11 is 0. The average Bonchev–Trinajstić information content (AvgIpc) is 2.01. The maximum absolute atomic E-state index is 12.2. The quantitative estimate of drug-likeness (QED) is 0.634. The first-order valence-electron chi connectivity index (χ1n) is 3.44. The number of carbonyl (C=O) groups excluding carboxylic acids is 1. The topological polar surface area (TPSA) is 30.0 Å². The smallest absolute Gasteiger partial charge is 0.296 e. The maximum atomic E-state index is 12.2. The molecular weight excluding hydrogens is 183 g/mol. The number of hydrogen-bond donors (Lipinski definition) is 0. The monoisotopic (exact) mass is 189 g/mol. The van der Waals surface area contributed by atoms with Crippen LogP contribution in [0, 0.1) is 6.92 Å². The van der Waals surface area contributed by atoms with Gasteiger partial charge in [0.05, 0.1) is 5.56 Å². The molecule has 0 bridgehead atoms. The summed E-state index contributed by atoms with van der Waals surface area (Å²) in [5, 5.41) is 0. The molecule has 1 rings (SSSR count). The van der Waals surface area contributed by atoms with Crippen molar-refractivity contribution >= 4 is 6.29 Å². The van der Waals surface area contributed by atoms with Gasteiger partial charge in [0, 0.05) is 6.20 Å². The Labute approximate surface area is 72.4 Å². The van der Waals surface area contributed by atoms with Crippen LogP contribution >= 0.6 is 0 Å². The molecule has 0 unspecified atom stereocenters. The molecule has 0 spiro atoms. The van der Waals surface area contributed by atoms with Crippen molar-refractivity contribution in [2.24, 2.45) is 0 Å². The number of hydrogen-bond acceptors (Lipinski definition) is 2. The highest BCUT2D eigenvalue weighted by atomic mass is 19.4. The molecule has 0 atom stereocenters. The lowest BCUT2D eigenvalue weighted by Crippen LogP contribution is -2.08. The Kier molecular flexibility index (Phi) is 2.36. The molecule has 0 aliphatic rings. The molecule has 0 saturated carbocycles. The Hall–Kier alpha value is -1.39. The van der Waals surface area contributed by atoms with E-state index in [1.807, 2.05) is 0 Å². The molecule has 0 radical (unpaired) electrons. The number of aryl methyl sites for hydroxylation is 1. The molecule has 0 aliphatic heterocycles. The molecular formula is C8H6F3NO. The summed E-state index contributed by atoms with van der Waals surface area (Å²) in [5.41, 5.74) is -0.798. The van der Waals surface area contributed by atoms with Gasteiger partial charge in [-0.05, 0) is 18.6 Å². The number of rotatable bonds is 1. The zero-order chi connectivity index (χ0) is 10.1. The largest absolute Gasteiger partial charge is 0.418 e. The zero-order valence-corrected chi connectivity index (χ0v) is 6.72. The lowest BCUT2D eigenvalue weighted by Gasteiger charge is -2.08. The fourth-order valence-corrected chi connectivity index (χ4v) is 0.939. The van der Waals surface area contributed by atoms with E-state index in [1.165, 1.54) is 6.92 Å². The van der Waals surface area contributed by atoms with E-state index in [1.54, 1.807) is 0 Å². The molecule has 5 heteroatoms. The predicted octanol–water partition coefficient (Wildman–Crippen LogP) is 2.22. The van der Waals surface area contributed by atoms with E-state index in [0.717, 1.165) is 6.07 Å². The van der Waals surface area contributed by atoms with Crippen molar-refractivity contribution in [3.05, 3.63) is 29.1 Å². The van der Waals surface area contributed by atoms with Crippen LogP contribution in [0.3, 0.4) is 0 Å². The molecule has 1 aromatic heterocycles. The fraction of sp³-hybridized carbons (Fsp3) is 0.250. The van der Waals surface area contributed by atoms with Gasteiger partial charge in [0.15, 0.2) is 6.29 Å². The van der Waals surface area contributed by atoms with Gasteiger partial charge in [-0.2, -0.15) is 13.2 Å². The van der Waals surface area contributed by atoms with Crippen LogP contribution in [-0.4, -0.2) is 11.3 Å². The number of alkyl halides is 3. The van der Waals surface area contributed by atoms with E-state index in [2.05, 4.69) is 4.98 Å². The predicted molar refractivity (Wildman–Crippen MR) is 39.4 cm³/mol. The highest BCUT2D eigenvalue weighted by Gasteiger charge is 2.32. The Balaban J connectivity index is 3.20. The highest BCUT2D eigenvalue weighted by Crippen LogP contribution is 2.30. The molecule has 1 aromatic rings. The normalized spacial score (nSPS) is 11.4. The number of nitrogens with zero attached hydrogens (tertiary/aromatic N) is 1. The van der Waals surface area contributed by atoms with Gasteiger partial charge in [0.2, 0.25) is 0 Å². The number of aromatic nitrogens is 1. The second-order valence-electron chi connectivity index (χ2n) is 2.54. The molecule has 0 amide bonds. The van der Waals surface area contributed by atoms with E-state index < -0.39 is 11.7 Å². The Morgan fingerprint density at radius 2 is 2.08 bits per heavy atom. The third-order valence-corrected chi connectivity index (χ3v) is 1.56. The van der Waals surface area contributed by atoms with Gasteiger partial charge < -0.3 is 0 Å². The molecule has 0 N–H and O–H groups in total. The summed E-state index contributed by atoms with van der Waals surface area (Å²) in [7, 11) is 0. The molecule has 0 saturated heterocycles. The first-order valence-corrected chi connectivity index (χ1v) is 3.44. The van der Waals surface area contributed by atoms with Crippen LogP contribution in [0.15, 0.2) is 12.3 Å². The minimum atomic E-state index is -4.40. The van der Waals surface area contributed by atoms with E-state index in [0.29, 0.717) is 12.5 Å². The van der Waals surface area contributed by atoms with Crippen molar-refractivity contribution < 1.29 is 18.0 Å². The van der Waals surface area contributed by atoms with Crippen LogP contribution < -0.4 is 0 Å². The van der Waals surface area contributed by atoms with Gasteiger partial charge in [-0.15, -0.1) is 0 Å². The van der Waals surface area contributed by atoms with E-state index in [4.69, 9.17) is 0 Å².